The van der Waals surface area contributed by atoms with Crippen molar-refractivity contribution in [2.24, 2.45) is 5.92 Å². The second-order valence-corrected chi connectivity index (χ2v) is 4.72. The van der Waals surface area contributed by atoms with Crippen molar-refractivity contribution in [2.75, 3.05) is 19.0 Å². The van der Waals surface area contributed by atoms with Gasteiger partial charge in [-0.05, 0) is 30.2 Å². The van der Waals surface area contributed by atoms with Crippen LogP contribution in [0.1, 0.15) is 13.8 Å². The summed E-state index contributed by atoms with van der Waals surface area (Å²) < 4.78 is 5.02. The quantitative estimate of drug-likeness (QED) is 0.701. The normalized spacial score (nSPS) is 12.0. The second-order valence-electron chi connectivity index (χ2n) is 4.72. The van der Waals surface area contributed by atoms with Gasteiger partial charge < -0.3 is 15.2 Å². The summed E-state index contributed by atoms with van der Waals surface area (Å²) in [5.74, 6) is -0.646. The van der Waals surface area contributed by atoms with Gasteiger partial charge in [-0.1, -0.05) is 13.8 Å². The molecule has 0 bridgehead atoms. The zero-order valence-corrected chi connectivity index (χ0v) is 11.8. The molecular weight excluding hydrogens is 260 g/mol. The van der Waals surface area contributed by atoms with E-state index < -0.39 is 12.0 Å². The molecule has 110 valence electrons. The average molecular weight is 280 g/mol. The lowest BCUT2D eigenvalue weighted by molar-refractivity contribution is -0.140. The van der Waals surface area contributed by atoms with Crippen LogP contribution >= 0.6 is 0 Å². The van der Waals surface area contributed by atoms with Crippen molar-refractivity contribution in [1.82, 2.24) is 5.32 Å². The van der Waals surface area contributed by atoms with E-state index in [0.29, 0.717) is 11.4 Å². The molecule has 1 aromatic carbocycles. The van der Waals surface area contributed by atoms with Crippen molar-refractivity contribution in [3.63, 3.8) is 0 Å². The molecule has 0 fully saturated rings. The van der Waals surface area contributed by atoms with Crippen LogP contribution in [0, 0.1) is 5.92 Å². The minimum absolute atomic E-state index is 0.0544. The van der Waals surface area contributed by atoms with E-state index in [2.05, 4.69) is 10.6 Å². The monoisotopic (exact) mass is 280 g/mol. The fourth-order valence-electron chi connectivity index (χ4n) is 1.69. The van der Waals surface area contributed by atoms with Crippen molar-refractivity contribution in [2.45, 2.75) is 19.9 Å². The second kappa shape index (κ2) is 7.49. The number of carboxylic acid groups (broad SMARTS) is 1. The summed E-state index contributed by atoms with van der Waals surface area (Å²) in [6, 6.07) is 6.16. The first kappa shape index (κ1) is 16.0. The average Bonchev–Trinajstić information content (AvgIpc) is 2.39. The highest BCUT2D eigenvalue weighted by atomic mass is 16.5. The molecule has 3 N–H and O–H groups in total. The molecule has 0 heterocycles. The number of anilines is 1. The van der Waals surface area contributed by atoms with Crippen molar-refractivity contribution in [1.29, 1.82) is 0 Å². The Morgan fingerprint density at radius 3 is 2.30 bits per heavy atom. The van der Waals surface area contributed by atoms with Crippen molar-refractivity contribution in [3.05, 3.63) is 24.3 Å². The van der Waals surface area contributed by atoms with Gasteiger partial charge in [0.1, 0.15) is 11.8 Å². The van der Waals surface area contributed by atoms with Gasteiger partial charge in [-0.25, -0.2) is 0 Å². The number of hydrogen-bond donors (Lipinski definition) is 3. The first-order valence-electron chi connectivity index (χ1n) is 6.34. The molecule has 1 atom stereocenters. The molecule has 1 aromatic rings. The van der Waals surface area contributed by atoms with Crippen LogP contribution in [-0.2, 0) is 9.59 Å². The number of nitrogens with one attached hydrogen (secondary N) is 2. The third kappa shape index (κ3) is 4.89. The number of amides is 1. The molecule has 1 rings (SSSR count). The molecule has 1 unspecified atom stereocenters. The Labute approximate surface area is 118 Å². The largest absolute Gasteiger partial charge is 0.497 e. The predicted molar refractivity (Wildman–Crippen MR) is 75.9 cm³/mol. The highest BCUT2D eigenvalue weighted by Crippen LogP contribution is 2.14. The Balaban J connectivity index is 2.48. The minimum Gasteiger partial charge on any atom is -0.497 e. The Bertz CT molecular complexity index is 457. The first-order valence-corrected chi connectivity index (χ1v) is 6.34. The van der Waals surface area contributed by atoms with Gasteiger partial charge in [0.05, 0.1) is 13.7 Å². The Kier molecular flexibility index (Phi) is 5.99. The van der Waals surface area contributed by atoms with Crippen LogP contribution in [0.5, 0.6) is 5.75 Å². The van der Waals surface area contributed by atoms with E-state index in [4.69, 9.17) is 9.84 Å². The first-order chi connectivity index (χ1) is 9.43. The topological polar surface area (TPSA) is 87.7 Å². The lowest BCUT2D eigenvalue weighted by Crippen LogP contribution is -2.44. The van der Waals surface area contributed by atoms with E-state index in [1.54, 1.807) is 45.2 Å². The number of carboxylic acids is 1. The number of hydrogen-bond acceptors (Lipinski definition) is 4. The SMILES string of the molecule is COc1ccc(NC(=O)CNC(C(=O)O)C(C)C)cc1. The molecule has 0 aliphatic heterocycles. The van der Waals surface area contributed by atoms with Gasteiger partial charge in [-0.3, -0.25) is 14.9 Å². The molecule has 6 nitrogen and oxygen atoms in total. The van der Waals surface area contributed by atoms with Crippen molar-refractivity contribution in [3.8, 4) is 5.75 Å². The molecule has 20 heavy (non-hydrogen) atoms. The maximum Gasteiger partial charge on any atom is 0.320 e. The summed E-state index contributed by atoms with van der Waals surface area (Å²) in [7, 11) is 1.56. The molecular formula is C14H20N2O4. The number of rotatable bonds is 7. The Morgan fingerprint density at radius 1 is 1.25 bits per heavy atom. The maximum absolute atomic E-state index is 11.7. The summed E-state index contributed by atoms with van der Waals surface area (Å²) in [5, 5.41) is 14.4. The van der Waals surface area contributed by atoms with Gasteiger partial charge in [-0.2, -0.15) is 0 Å². The van der Waals surface area contributed by atoms with E-state index in [1.807, 2.05) is 0 Å². The van der Waals surface area contributed by atoms with Crippen molar-refractivity contribution < 1.29 is 19.4 Å². The summed E-state index contributed by atoms with van der Waals surface area (Å²) >= 11 is 0. The minimum atomic E-state index is -0.961. The number of carbonyl (C=O) groups excluding carboxylic acids is 1. The zero-order valence-electron chi connectivity index (χ0n) is 11.8. The summed E-state index contributed by atoms with van der Waals surface area (Å²) in [5.41, 5.74) is 0.633. The lowest BCUT2D eigenvalue weighted by atomic mass is 10.1. The van der Waals surface area contributed by atoms with Crippen LogP contribution in [0.4, 0.5) is 5.69 Å². The van der Waals surface area contributed by atoms with E-state index in [-0.39, 0.29) is 18.4 Å². The van der Waals surface area contributed by atoms with Gasteiger partial charge in [0.2, 0.25) is 5.91 Å². The third-order valence-corrected chi connectivity index (χ3v) is 2.79. The van der Waals surface area contributed by atoms with Gasteiger partial charge in [-0.15, -0.1) is 0 Å². The molecule has 1 amide bonds. The van der Waals surface area contributed by atoms with E-state index in [9.17, 15) is 9.59 Å². The molecule has 0 aliphatic rings. The molecule has 0 aliphatic carbocycles. The molecule has 0 radical (unpaired) electrons. The van der Waals surface area contributed by atoms with Crippen LogP contribution in [0.15, 0.2) is 24.3 Å². The molecule has 0 spiro atoms. The van der Waals surface area contributed by atoms with E-state index >= 15 is 0 Å². The molecule has 0 saturated heterocycles. The standard InChI is InChI=1S/C14H20N2O4/c1-9(2)13(14(18)19)15-8-12(17)16-10-4-6-11(20-3)7-5-10/h4-7,9,13,15H,8H2,1-3H3,(H,16,17)(H,18,19). The number of methoxy groups -OCH3 is 1. The van der Waals surface area contributed by atoms with Crippen LogP contribution in [-0.4, -0.2) is 36.7 Å². The zero-order chi connectivity index (χ0) is 15.1. The van der Waals surface area contributed by atoms with Crippen LogP contribution < -0.4 is 15.4 Å². The lowest BCUT2D eigenvalue weighted by Gasteiger charge is -2.17. The highest BCUT2D eigenvalue weighted by molar-refractivity contribution is 5.92. The molecule has 6 heteroatoms. The third-order valence-electron chi connectivity index (χ3n) is 2.79. The number of ether oxygens (including phenoxy) is 1. The van der Waals surface area contributed by atoms with Gasteiger partial charge in [0, 0.05) is 5.69 Å². The van der Waals surface area contributed by atoms with Crippen LogP contribution in [0.3, 0.4) is 0 Å². The van der Waals surface area contributed by atoms with Gasteiger partial charge in [0.25, 0.3) is 0 Å². The van der Waals surface area contributed by atoms with Crippen LogP contribution in [0.2, 0.25) is 0 Å². The maximum atomic E-state index is 11.7. The molecule has 0 saturated carbocycles. The Morgan fingerprint density at radius 2 is 1.85 bits per heavy atom. The smallest absolute Gasteiger partial charge is 0.320 e. The Hall–Kier alpha value is -2.08. The fraction of sp³-hybridized carbons (Fsp3) is 0.429. The van der Waals surface area contributed by atoms with Crippen LogP contribution in [0.25, 0.3) is 0 Å². The number of carbonyl (C=O) groups is 2. The molecule has 0 aromatic heterocycles. The summed E-state index contributed by atoms with van der Waals surface area (Å²) in [4.78, 5) is 22.7. The van der Waals surface area contributed by atoms with Crippen molar-refractivity contribution >= 4 is 17.6 Å². The van der Waals surface area contributed by atoms with E-state index in [1.165, 1.54) is 0 Å². The van der Waals surface area contributed by atoms with E-state index in [0.717, 1.165) is 0 Å². The highest BCUT2D eigenvalue weighted by Gasteiger charge is 2.21. The fourth-order valence-corrected chi connectivity index (χ4v) is 1.69. The number of aliphatic carboxylic acids is 1. The van der Waals surface area contributed by atoms with Gasteiger partial charge in [0.15, 0.2) is 0 Å². The number of benzene rings is 1. The van der Waals surface area contributed by atoms with Gasteiger partial charge >= 0.3 is 5.97 Å². The summed E-state index contributed by atoms with van der Waals surface area (Å²) in [6.45, 7) is 3.52. The predicted octanol–water partition coefficient (Wildman–Crippen LogP) is 1.33. The summed E-state index contributed by atoms with van der Waals surface area (Å²) in [6.07, 6.45) is 0.